The fourth-order valence-electron chi connectivity index (χ4n) is 0.775. The Labute approximate surface area is 112 Å². The molecule has 14 heavy (non-hydrogen) atoms. The molecule has 0 aliphatic carbocycles. The summed E-state index contributed by atoms with van der Waals surface area (Å²) in [4.78, 5) is 9.95. The Hall–Kier alpha value is 0.340. The van der Waals surface area contributed by atoms with E-state index >= 15 is 0 Å². The molecule has 1 N–H and O–H groups in total. The van der Waals surface area contributed by atoms with Gasteiger partial charge in [0.1, 0.15) is 4.47 Å². The summed E-state index contributed by atoms with van der Waals surface area (Å²) in [6.45, 7) is 0. The van der Waals surface area contributed by atoms with E-state index in [0.717, 1.165) is 0 Å². The molecular formula is C6HBr4NO3. The number of halogens is 4. The molecule has 76 valence electrons. The summed E-state index contributed by atoms with van der Waals surface area (Å²) < 4.78 is 1.40. The second kappa shape index (κ2) is 4.46. The van der Waals surface area contributed by atoms with Crippen molar-refractivity contribution in [2.45, 2.75) is 0 Å². The van der Waals surface area contributed by atoms with Crippen molar-refractivity contribution in [2.24, 2.45) is 0 Å². The summed E-state index contributed by atoms with van der Waals surface area (Å²) in [5.74, 6) is -0.419. The number of hydrogen-bond acceptors (Lipinski definition) is 3. The van der Waals surface area contributed by atoms with E-state index in [9.17, 15) is 15.2 Å². The molecule has 0 unspecified atom stereocenters. The molecule has 1 rings (SSSR count). The van der Waals surface area contributed by atoms with E-state index in [4.69, 9.17) is 0 Å². The molecule has 0 heterocycles. The van der Waals surface area contributed by atoms with Crippen LogP contribution in [0.5, 0.6) is 5.75 Å². The van der Waals surface area contributed by atoms with Gasteiger partial charge in [0.15, 0.2) is 0 Å². The van der Waals surface area contributed by atoms with Gasteiger partial charge in [0, 0.05) is 0 Å². The fraction of sp³-hybridized carbons (Fsp3) is 0. The van der Waals surface area contributed by atoms with Gasteiger partial charge in [-0.25, -0.2) is 0 Å². The van der Waals surface area contributed by atoms with Crippen molar-refractivity contribution in [3.63, 3.8) is 0 Å². The summed E-state index contributed by atoms with van der Waals surface area (Å²) in [5, 5.41) is 20.1. The summed E-state index contributed by atoms with van der Waals surface area (Å²) in [6, 6.07) is 0. The Morgan fingerprint density at radius 3 is 1.86 bits per heavy atom. The summed E-state index contributed by atoms with van der Waals surface area (Å²) in [6.07, 6.45) is 0. The minimum Gasteiger partial charge on any atom is -0.501 e. The lowest BCUT2D eigenvalue weighted by molar-refractivity contribution is -0.386. The summed E-state index contributed by atoms with van der Waals surface area (Å²) in [5.41, 5.74) is -0.382. The molecule has 0 spiro atoms. The lowest BCUT2D eigenvalue weighted by atomic mass is 10.3. The quantitative estimate of drug-likeness (QED) is 0.297. The SMILES string of the molecule is O=[N+]([O-])c1c(O)c(Br)c(Br)c(Br)c1Br. The molecule has 0 radical (unpaired) electrons. The van der Waals surface area contributed by atoms with Crippen molar-refractivity contribution >= 4 is 69.4 Å². The summed E-state index contributed by atoms with van der Waals surface area (Å²) >= 11 is 12.3. The Morgan fingerprint density at radius 2 is 1.43 bits per heavy atom. The predicted octanol–water partition coefficient (Wildman–Crippen LogP) is 4.35. The van der Waals surface area contributed by atoms with Crippen molar-refractivity contribution < 1.29 is 10.0 Å². The van der Waals surface area contributed by atoms with Gasteiger partial charge in [-0.3, -0.25) is 10.1 Å². The van der Waals surface area contributed by atoms with Gasteiger partial charge in [-0.05, 0) is 63.7 Å². The second-order valence-corrected chi connectivity index (χ2v) is 5.38. The van der Waals surface area contributed by atoms with Gasteiger partial charge in [0.25, 0.3) is 0 Å². The van der Waals surface area contributed by atoms with Crippen LogP contribution in [0.3, 0.4) is 0 Å². The van der Waals surface area contributed by atoms with Crippen LogP contribution in [-0.4, -0.2) is 10.0 Å². The van der Waals surface area contributed by atoms with Gasteiger partial charge in [-0.2, -0.15) is 0 Å². The zero-order valence-electron chi connectivity index (χ0n) is 6.22. The number of nitrogens with zero attached hydrogens (tertiary/aromatic N) is 1. The maximum absolute atomic E-state index is 10.6. The van der Waals surface area contributed by atoms with Gasteiger partial charge in [0.05, 0.1) is 18.3 Å². The maximum Gasteiger partial charge on any atom is 0.327 e. The average Bonchev–Trinajstić information content (AvgIpc) is 2.11. The molecule has 0 saturated heterocycles. The van der Waals surface area contributed by atoms with E-state index in [1.165, 1.54) is 0 Å². The smallest absolute Gasteiger partial charge is 0.327 e. The fourth-order valence-corrected chi connectivity index (χ4v) is 3.00. The topological polar surface area (TPSA) is 63.4 Å². The van der Waals surface area contributed by atoms with Crippen LogP contribution in [0.15, 0.2) is 17.9 Å². The van der Waals surface area contributed by atoms with Crippen LogP contribution in [0.25, 0.3) is 0 Å². The molecular weight excluding hydrogens is 454 g/mol. The monoisotopic (exact) mass is 451 g/mol. The van der Waals surface area contributed by atoms with Gasteiger partial charge < -0.3 is 5.11 Å². The molecule has 0 aliphatic rings. The van der Waals surface area contributed by atoms with Crippen molar-refractivity contribution in [3.05, 3.63) is 28.0 Å². The first-order valence-electron chi connectivity index (χ1n) is 3.07. The average molecular weight is 455 g/mol. The van der Waals surface area contributed by atoms with Crippen molar-refractivity contribution in [1.29, 1.82) is 0 Å². The standard InChI is InChI=1S/C6HBr4NO3/c7-1-2(8)4(10)6(12)5(3(1)9)11(13)14/h12H. The van der Waals surface area contributed by atoms with Crippen LogP contribution in [0.4, 0.5) is 5.69 Å². The number of phenolic OH excluding ortho intramolecular Hbond substituents is 1. The molecule has 0 atom stereocenters. The molecule has 0 amide bonds. The number of benzene rings is 1. The van der Waals surface area contributed by atoms with Crippen LogP contribution in [0.1, 0.15) is 0 Å². The molecule has 0 aliphatic heterocycles. The highest BCUT2D eigenvalue weighted by Crippen LogP contribution is 2.49. The van der Waals surface area contributed by atoms with Crippen molar-refractivity contribution in [3.8, 4) is 5.75 Å². The van der Waals surface area contributed by atoms with E-state index in [2.05, 4.69) is 63.7 Å². The maximum atomic E-state index is 10.6. The van der Waals surface area contributed by atoms with Crippen LogP contribution in [0.2, 0.25) is 0 Å². The normalized spacial score (nSPS) is 10.3. The van der Waals surface area contributed by atoms with E-state index in [1.54, 1.807) is 0 Å². The van der Waals surface area contributed by atoms with E-state index in [0.29, 0.717) is 8.95 Å². The molecule has 1 aromatic carbocycles. The molecule has 0 aromatic heterocycles. The van der Waals surface area contributed by atoms with Crippen molar-refractivity contribution in [1.82, 2.24) is 0 Å². The minimum atomic E-state index is -0.665. The Kier molecular flexibility index (Phi) is 3.95. The highest BCUT2D eigenvalue weighted by atomic mass is 79.9. The third-order valence-corrected chi connectivity index (χ3v) is 6.13. The molecule has 0 bridgehead atoms. The predicted molar refractivity (Wildman–Crippen MR) is 65.6 cm³/mol. The van der Waals surface area contributed by atoms with Gasteiger partial charge in [0.2, 0.25) is 5.75 Å². The highest BCUT2D eigenvalue weighted by molar-refractivity contribution is 9.15. The van der Waals surface area contributed by atoms with E-state index in [-0.39, 0.29) is 14.6 Å². The Balaban J connectivity index is 3.68. The van der Waals surface area contributed by atoms with Crippen molar-refractivity contribution in [2.75, 3.05) is 0 Å². The summed E-state index contributed by atoms with van der Waals surface area (Å²) in [7, 11) is 0. The van der Waals surface area contributed by atoms with Crippen LogP contribution in [0, 0.1) is 10.1 Å². The van der Waals surface area contributed by atoms with Crippen LogP contribution >= 0.6 is 63.7 Å². The second-order valence-electron chi connectivity index (χ2n) is 2.21. The van der Waals surface area contributed by atoms with Crippen LogP contribution < -0.4 is 0 Å². The lowest BCUT2D eigenvalue weighted by Gasteiger charge is -2.06. The number of rotatable bonds is 1. The largest absolute Gasteiger partial charge is 0.501 e. The highest BCUT2D eigenvalue weighted by Gasteiger charge is 2.26. The van der Waals surface area contributed by atoms with E-state index < -0.39 is 10.7 Å². The molecule has 1 aromatic rings. The minimum absolute atomic E-state index is 0.190. The number of nitro groups is 1. The first-order chi connectivity index (χ1) is 6.37. The Bertz CT molecular complexity index is 391. The van der Waals surface area contributed by atoms with Gasteiger partial charge >= 0.3 is 5.69 Å². The Morgan fingerprint density at radius 1 is 1.00 bits per heavy atom. The molecule has 0 saturated carbocycles. The number of hydrogen-bond donors (Lipinski definition) is 1. The first-order valence-corrected chi connectivity index (χ1v) is 6.24. The molecule has 8 heteroatoms. The lowest BCUT2D eigenvalue weighted by Crippen LogP contribution is -1.92. The zero-order chi connectivity index (χ0) is 11.0. The first kappa shape index (κ1) is 12.4. The third-order valence-electron chi connectivity index (χ3n) is 1.40. The number of aromatic hydroxyl groups is 1. The molecule has 0 fully saturated rings. The number of nitro benzene ring substituents is 1. The van der Waals surface area contributed by atoms with Gasteiger partial charge in [-0.1, -0.05) is 0 Å². The third kappa shape index (κ3) is 1.98. The molecule has 4 nitrogen and oxygen atoms in total. The van der Waals surface area contributed by atoms with Crippen LogP contribution in [-0.2, 0) is 0 Å². The van der Waals surface area contributed by atoms with E-state index in [1.807, 2.05) is 0 Å². The van der Waals surface area contributed by atoms with Gasteiger partial charge in [-0.15, -0.1) is 0 Å². The number of phenols is 1. The zero-order valence-corrected chi connectivity index (χ0v) is 12.6.